The van der Waals surface area contributed by atoms with E-state index in [9.17, 15) is 4.79 Å². The minimum Gasteiger partial charge on any atom is -0.493 e. The highest BCUT2D eigenvalue weighted by Gasteiger charge is 2.29. The summed E-state index contributed by atoms with van der Waals surface area (Å²) in [5.41, 5.74) is 3.31. The number of hydrogen-bond acceptors (Lipinski definition) is 7. The number of carbonyl (C=O) groups excluding carboxylic acids is 1. The van der Waals surface area contributed by atoms with Gasteiger partial charge in [-0.3, -0.25) is 14.7 Å². The lowest BCUT2D eigenvalue weighted by molar-refractivity contribution is -0.152. The van der Waals surface area contributed by atoms with E-state index >= 15 is 0 Å². The molecule has 43 heavy (non-hydrogen) atoms. The number of ether oxygens (including phenoxy) is 2. The molecule has 3 aromatic rings. The Morgan fingerprint density at radius 3 is 2.37 bits per heavy atom. The normalized spacial score (nSPS) is 11.8. The van der Waals surface area contributed by atoms with Crippen LogP contribution in [0.4, 0.5) is 10.8 Å². The van der Waals surface area contributed by atoms with Crippen LogP contribution in [0.25, 0.3) is 11.3 Å². The number of halogens is 3. The molecule has 0 fully saturated rings. The van der Waals surface area contributed by atoms with Crippen molar-refractivity contribution >= 4 is 104 Å². The number of pyridine rings is 1. The number of nitrogens with zero attached hydrogens (tertiary/aromatic N) is 3. The molecule has 0 N–H and O–H groups in total. The molecule has 0 aliphatic carbocycles. The number of alkyl halides is 2. The monoisotopic (exact) mass is 943 g/mol. The number of esters is 1. The summed E-state index contributed by atoms with van der Waals surface area (Å²) in [4.78, 5) is 24.3. The molecule has 0 radical (unpaired) electrons. The van der Waals surface area contributed by atoms with E-state index in [1.54, 1.807) is 17.5 Å². The molecule has 0 amide bonds. The van der Waals surface area contributed by atoms with Crippen molar-refractivity contribution in [3.63, 3.8) is 0 Å². The summed E-state index contributed by atoms with van der Waals surface area (Å²) in [6.45, 7) is 10.9. The maximum Gasteiger partial charge on any atom is 0.312 e. The lowest BCUT2D eigenvalue weighted by Crippen LogP contribution is -2.29. The Hall–Kier alpha value is -1.13. The maximum absolute atomic E-state index is 12.9. The predicted octanol–water partition coefficient (Wildman–Crippen LogP) is 10.2. The molecule has 0 aliphatic rings. The van der Waals surface area contributed by atoms with E-state index in [-0.39, 0.29) is 14.1 Å². The average molecular weight is 944 g/mol. The first-order valence-corrected chi connectivity index (χ1v) is 23.0. The number of unbranched alkanes of at least 4 members (excludes halogenated alkanes) is 5. The van der Waals surface area contributed by atoms with E-state index in [1.807, 2.05) is 44.0 Å². The van der Waals surface area contributed by atoms with Crippen molar-refractivity contribution in [2.45, 2.75) is 74.6 Å². The highest BCUT2D eigenvalue weighted by atomic mass is 127. The van der Waals surface area contributed by atoms with Gasteiger partial charge in [0.25, 0.3) is 0 Å². The number of carbonyl (C=O) groups is 1. The van der Waals surface area contributed by atoms with Crippen LogP contribution in [0.3, 0.4) is 0 Å². The van der Waals surface area contributed by atoms with Crippen LogP contribution < -0.4 is 9.64 Å². The zero-order chi connectivity index (χ0) is 31.5. The smallest absolute Gasteiger partial charge is 0.312 e. The number of hydrogen-bond donors (Lipinski definition) is 0. The van der Waals surface area contributed by atoms with Crippen molar-refractivity contribution in [3.05, 3.63) is 51.2 Å². The van der Waals surface area contributed by atoms with E-state index in [1.165, 1.54) is 32.1 Å². The van der Waals surface area contributed by atoms with Gasteiger partial charge in [-0.1, -0.05) is 84.6 Å². The van der Waals surface area contributed by atoms with Gasteiger partial charge in [-0.2, -0.15) is 0 Å². The molecule has 3 rings (SSSR count). The summed E-state index contributed by atoms with van der Waals surface area (Å²) in [5, 5.41) is 0.765. The van der Waals surface area contributed by atoms with E-state index in [4.69, 9.17) is 14.5 Å². The van der Waals surface area contributed by atoms with E-state index in [2.05, 4.69) is 50.6 Å². The standard InChI is InChI=1S/C33H44I3N3O3S/c1-9-10-11-12-13-14-20-41-27-18-17-25(21-26(27)33(5,35-7)36-8)39(23-42-30(40)32(2,3)4)31-38-28(29(34-6)43-31)24-16-15-19-37-22-24/h15-19,21-22H,6-14,20,23H2,1-5H3. The van der Waals surface area contributed by atoms with Crippen LogP contribution in [0.15, 0.2) is 42.7 Å². The highest BCUT2D eigenvalue weighted by Crippen LogP contribution is 2.50. The lowest BCUT2D eigenvalue weighted by Gasteiger charge is -2.28. The molecule has 0 unspecified atom stereocenters. The average Bonchev–Trinajstić information content (AvgIpc) is 3.44. The summed E-state index contributed by atoms with van der Waals surface area (Å²) in [5.74, 6) is 0.653. The number of thiazole rings is 1. The molecule has 6 nitrogen and oxygen atoms in total. The van der Waals surface area contributed by atoms with Gasteiger partial charge in [-0.15, -0.1) is 41.5 Å². The molecule has 0 saturated carbocycles. The van der Waals surface area contributed by atoms with Gasteiger partial charge in [-0.05, 0) is 64.4 Å². The third-order valence-corrected chi connectivity index (χ3v) is 18.2. The third-order valence-electron chi connectivity index (χ3n) is 6.80. The van der Waals surface area contributed by atoms with Crippen LogP contribution in [-0.2, 0) is 11.0 Å². The molecule has 0 aliphatic heterocycles. The van der Waals surface area contributed by atoms with Gasteiger partial charge in [0.05, 0.1) is 22.0 Å². The summed E-state index contributed by atoms with van der Waals surface area (Å²) in [6.07, 6.45) is 10.9. The van der Waals surface area contributed by atoms with Gasteiger partial charge < -0.3 is 9.47 Å². The number of benzene rings is 1. The van der Waals surface area contributed by atoms with Crippen molar-refractivity contribution in [3.8, 4) is 17.0 Å². The minimum atomic E-state index is -0.617. The molecule has 0 atom stereocenters. The van der Waals surface area contributed by atoms with Gasteiger partial charge in [0, 0.05) is 29.2 Å². The first-order valence-electron chi connectivity index (χ1n) is 14.4. The summed E-state index contributed by atoms with van der Waals surface area (Å²) < 4.78 is 26.5. The second-order valence-corrected chi connectivity index (χ2v) is 22.6. The SMILES string of the molecule is C=Ic1sc(N(COC(=O)C(C)(C)C)c2ccc(OCCCCCCCC)c(C(C)(I=C)I=C)c2)nc1-c1cccnc1. The summed E-state index contributed by atoms with van der Waals surface area (Å²) in [6, 6.07) is 10.3. The number of anilines is 2. The molecule has 10 heteroatoms. The molecule has 0 bridgehead atoms. The Bertz CT molecular complexity index is 1380. The first-order chi connectivity index (χ1) is 20.6. The van der Waals surface area contributed by atoms with Crippen LogP contribution in [0.5, 0.6) is 5.75 Å². The second-order valence-electron chi connectivity index (χ2n) is 11.2. The summed E-state index contributed by atoms with van der Waals surface area (Å²) >= 11 is 0.329. The van der Waals surface area contributed by atoms with Crippen molar-refractivity contribution in [1.82, 2.24) is 9.97 Å². The van der Waals surface area contributed by atoms with E-state index in [0.717, 1.165) is 42.7 Å². The van der Waals surface area contributed by atoms with Crippen LogP contribution in [0, 0.1) is 8.30 Å². The maximum atomic E-state index is 12.9. The molecule has 2 aromatic heterocycles. The Morgan fingerprint density at radius 1 is 1.02 bits per heavy atom. The van der Waals surface area contributed by atoms with Gasteiger partial charge in [0.1, 0.15) is 5.75 Å². The van der Waals surface area contributed by atoms with Gasteiger partial charge >= 0.3 is 5.97 Å². The largest absolute Gasteiger partial charge is 0.493 e. The van der Waals surface area contributed by atoms with Crippen LogP contribution in [-0.4, -0.2) is 42.8 Å². The lowest BCUT2D eigenvalue weighted by atomic mass is 9.98. The molecule has 0 spiro atoms. The van der Waals surface area contributed by atoms with E-state index in [0.29, 0.717) is 6.61 Å². The number of rotatable bonds is 17. The second kappa shape index (κ2) is 17.5. The fourth-order valence-corrected chi connectivity index (χ4v) is 10.1. The predicted molar refractivity (Wildman–Crippen MR) is 213 cm³/mol. The van der Waals surface area contributed by atoms with E-state index < -0.39 is 67.6 Å². The Morgan fingerprint density at radius 2 is 1.74 bits per heavy atom. The zero-order valence-corrected chi connectivity index (χ0v) is 33.2. The molecule has 0 saturated heterocycles. The molecule has 236 valence electrons. The Labute approximate surface area is 291 Å². The molecule has 1 aromatic carbocycles. The fourth-order valence-electron chi connectivity index (χ4n) is 4.16. The topological polar surface area (TPSA) is 64.5 Å². The molecular formula is C33H44I3N3O3S. The van der Waals surface area contributed by atoms with Crippen molar-refractivity contribution in [2.75, 3.05) is 18.2 Å². The van der Waals surface area contributed by atoms with Crippen molar-refractivity contribution < 1.29 is 14.3 Å². The molecular weight excluding hydrogens is 899 g/mol. The third kappa shape index (κ3) is 10.2. The van der Waals surface area contributed by atoms with Crippen LogP contribution >= 0.6 is 73.5 Å². The quantitative estimate of drug-likeness (QED) is 0.0442. The number of aromatic nitrogens is 2. The first kappa shape index (κ1) is 36.3. The minimum absolute atomic E-state index is 0.0535. The van der Waals surface area contributed by atoms with Gasteiger partial charge in [0.15, 0.2) is 11.9 Å². The van der Waals surface area contributed by atoms with Crippen LogP contribution in [0.1, 0.15) is 78.7 Å². The van der Waals surface area contributed by atoms with Gasteiger partial charge in [-0.25, -0.2) is 4.98 Å². The molecule has 2 heterocycles. The summed E-state index contributed by atoms with van der Waals surface area (Å²) in [7, 11) is 0. The van der Waals surface area contributed by atoms with Crippen molar-refractivity contribution in [2.24, 2.45) is 5.41 Å². The highest BCUT2D eigenvalue weighted by molar-refractivity contribution is 14.2. The van der Waals surface area contributed by atoms with Crippen molar-refractivity contribution in [1.29, 1.82) is 0 Å². The Kier molecular flexibility index (Phi) is 14.8. The zero-order valence-electron chi connectivity index (χ0n) is 25.9. The van der Waals surface area contributed by atoms with Crippen LogP contribution in [0.2, 0.25) is 0 Å². The fraction of sp³-hybridized carbons (Fsp3) is 0.455. The Balaban J connectivity index is 2.03. The van der Waals surface area contributed by atoms with Gasteiger partial charge in [0.2, 0.25) is 0 Å².